The van der Waals surface area contributed by atoms with Gasteiger partial charge in [-0.1, -0.05) is 42.5 Å². The number of unbranched alkanes of at least 4 members (excludes halogenated alkanes) is 1. The molecule has 0 aliphatic heterocycles. The number of fused-ring (bicyclic) bond motifs is 1. The van der Waals surface area contributed by atoms with Crippen molar-refractivity contribution in [2.75, 3.05) is 19.7 Å². The highest BCUT2D eigenvalue weighted by molar-refractivity contribution is 5.91. The van der Waals surface area contributed by atoms with E-state index in [4.69, 9.17) is 4.74 Å². The minimum absolute atomic E-state index is 0.0460. The Morgan fingerprint density at radius 1 is 0.833 bits per heavy atom. The van der Waals surface area contributed by atoms with Crippen molar-refractivity contribution in [2.24, 2.45) is 0 Å². The van der Waals surface area contributed by atoms with Gasteiger partial charge in [0.05, 0.1) is 19.6 Å². The molecule has 3 aromatic rings. The second-order valence-electron chi connectivity index (χ2n) is 6.95. The molecule has 156 valence electrons. The van der Waals surface area contributed by atoms with E-state index in [1.54, 1.807) is 12.1 Å². The van der Waals surface area contributed by atoms with Crippen LogP contribution < -0.4 is 15.4 Å². The summed E-state index contributed by atoms with van der Waals surface area (Å²) in [6.45, 7) is 0.948. The Morgan fingerprint density at radius 2 is 1.60 bits per heavy atom. The zero-order chi connectivity index (χ0) is 21.2. The van der Waals surface area contributed by atoms with Crippen LogP contribution in [-0.2, 0) is 16.0 Å². The number of carbonyl (C=O) groups is 2. The Bertz CT molecular complexity index is 984. The fraction of sp³-hybridized carbons (Fsp3) is 0.250. The maximum atomic E-state index is 12.8. The monoisotopic (exact) mass is 408 g/mol. The molecular weight excluding hydrogens is 383 g/mol. The lowest BCUT2D eigenvalue weighted by Crippen LogP contribution is -2.38. The van der Waals surface area contributed by atoms with E-state index in [1.807, 2.05) is 42.5 Å². The zero-order valence-corrected chi connectivity index (χ0v) is 16.7. The Kier molecular flexibility index (Phi) is 7.78. The number of nitrogens with one attached hydrogen (secondary N) is 2. The van der Waals surface area contributed by atoms with Crippen LogP contribution >= 0.6 is 0 Å². The van der Waals surface area contributed by atoms with Gasteiger partial charge in [0, 0.05) is 6.54 Å². The van der Waals surface area contributed by atoms with Gasteiger partial charge in [-0.15, -0.1) is 0 Å². The number of ether oxygens (including phenoxy) is 1. The predicted octanol–water partition coefficient (Wildman–Crippen LogP) is 3.61. The molecule has 0 aromatic heterocycles. The van der Waals surface area contributed by atoms with Crippen LogP contribution in [0, 0.1) is 5.82 Å². The second-order valence-corrected chi connectivity index (χ2v) is 6.95. The highest BCUT2D eigenvalue weighted by Gasteiger charge is 2.08. The third-order valence-electron chi connectivity index (χ3n) is 4.65. The van der Waals surface area contributed by atoms with Gasteiger partial charge in [0.2, 0.25) is 11.8 Å². The molecule has 0 bridgehead atoms. The van der Waals surface area contributed by atoms with Crippen LogP contribution in [0.25, 0.3) is 10.8 Å². The van der Waals surface area contributed by atoms with Crippen LogP contribution in [-0.4, -0.2) is 31.5 Å². The molecule has 0 saturated carbocycles. The van der Waals surface area contributed by atoms with Crippen LogP contribution in [0.15, 0.2) is 66.7 Å². The molecule has 0 atom stereocenters. The minimum Gasteiger partial charge on any atom is -0.494 e. The van der Waals surface area contributed by atoms with E-state index in [0.717, 1.165) is 29.2 Å². The first kappa shape index (κ1) is 21.3. The smallest absolute Gasteiger partial charge is 0.239 e. The number of rotatable bonds is 10. The molecule has 3 aromatic carbocycles. The Balaban J connectivity index is 1.29. The van der Waals surface area contributed by atoms with Gasteiger partial charge in [0.1, 0.15) is 11.6 Å². The van der Waals surface area contributed by atoms with E-state index >= 15 is 0 Å². The topological polar surface area (TPSA) is 67.4 Å². The summed E-state index contributed by atoms with van der Waals surface area (Å²) in [6.07, 6.45) is 1.73. The van der Waals surface area contributed by atoms with Crippen molar-refractivity contribution in [1.82, 2.24) is 10.6 Å². The molecule has 0 fully saturated rings. The zero-order valence-electron chi connectivity index (χ0n) is 16.7. The van der Waals surface area contributed by atoms with Gasteiger partial charge < -0.3 is 15.4 Å². The van der Waals surface area contributed by atoms with Crippen molar-refractivity contribution in [3.8, 4) is 5.75 Å². The van der Waals surface area contributed by atoms with E-state index in [1.165, 1.54) is 12.1 Å². The lowest BCUT2D eigenvalue weighted by atomic mass is 10.0. The molecule has 0 unspecified atom stereocenters. The molecule has 2 N–H and O–H groups in total. The van der Waals surface area contributed by atoms with Gasteiger partial charge in [-0.2, -0.15) is 0 Å². The first-order valence-electron chi connectivity index (χ1n) is 10.0. The number of benzene rings is 3. The van der Waals surface area contributed by atoms with Crippen molar-refractivity contribution in [3.05, 3.63) is 78.1 Å². The lowest BCUT2D eigenvalue weighted by Gasteiger charge is -2.09. The largest absolute Gasteiger partial charge is 0.494 e. The van der Waals surface area contributed by atoms with Crippen molar-refractivity contribution < 1.29 is 18.7 Å². The van der Waals surface area contributed by atoms with Gasteiger partial charge in [-0.3, -0.25) is 9.59 Å². The third-order valence-corrected chi connectivity index (χ3v) is 4.65. The van der Waals surface area contributed by atoms with Gasteiger partial charge in [-0.25, -0.2) is 4.39 Å². The van der Waals surface area contributed by atoms with E-state index < -0.39 is 0 Å². The summed E-state index contributed by atoms with van der Waals surface area (Å²) in [6, 6.07) is 19.6. The average molecular weight is 408 g/mol. The van der Waals surface area contributed by atoms with E-state index in [-0.39, 0.29) is 30.6 Å². The normalized spacial score (nSPS) is 10.6. The summed E-state index contributed by atoms with van der Waals surface area (Å²) in [5, 5.41) is 7.58. The number of halogens is 1. The number of hydrogen-bond acceptors (Lipinski definition) is 3. The second kappa shape index (κ2) is 11.0. The maximum absolute atomic E-state index is 12.8. The fourth-order valence-electron chi connectivity index (χ4n) is 3.10. The van der Waals surface area contributed by atoms with Gasteiger partial charge >= 0.3 is 0 Å². The van der Waals surface area contributed by atoms with Crippen LogP contribution in [0.5, 0.6) is 5.75 Å². The molecule has 0 saturated heterocycles. The van der Waals surface area contributed by atoms with Crippen LogP contribution in [0.2, 0.25) is 0 Å². The van der Waals surface area contributed by atoms with Crippen molar-refractivity contribution in [1.29, 1.82) is 0 Å². The Hall–Kier alpha value is -3.41. The summed E-state index contributed by atoms with van der Waals surface area (Å²) < 4.78 is 18.3. The minimum atomic E-state index is -0.297. The molecule has 3 rings (SSSR count). The van der Waals surface area contributed by atoms with Gasteiger partial charge in [0.25, 0.3) is 0 Å². The maximum Gasteiger partial charge on any atom is 0.239 e. The molecule has 0 aliphatic rings. The van der Waals surface area contributed by atoms with Crippen LogP contribution in [0.4, 0.5) is 4.39 Å². The summed E-state index contributed by atoms with van der Waals surface area (Å²) >= 11 is 0. The number of hydrogen-bond donors (Lipinski definition) is 2. The lowest BCUT2D eigenvalue weighted by molar-refractivity contribution is -0.125. The molecule has 0 radical (unpaired) electrons. The number of carbonyl (C=O) groups excluding carboxylic acids is 2. The standard InChI is InChI=1S/C24H25FN2O3/c25-20-10-12-21(13-11-20)30-15-4-3-14-26-24(29)17-27-23(28)16-19-8-5-7-18-6-1-2-9-22(18)19/h1-2,5-13H,3-4,14-17H2,(H,26,29)(H,27,28). The number of amides is 2. The van der Waals surface area contributed by atoms with Crippen molar-refractivity contribution >= 4 is 22.6 Å². The summed E-state index contributed by atoms with van der Waals surface area (Å²) in [5.74, 6) is -0.0847. The van der Waals surface area contributed by atoms with E-state index in [0.29, 0.717) is 18.9 Å². The quantitative estimate of drug-likeness (QED) is 0.504. The van der Waals surface area contributed by atoms with E-state index in [2.05, 4.69) is 10.6 Å². The first-order chi connectivity index (χ1) is 14.6. The highest BCUT2D eigenvalue weighted by Crippen LogP contribution is 2.18. The fourth-order valence-corrected chi connectivity index (χ4v) is 3.10. The molecular formula is C24H25FN2O3. The first-order valence-corrected chi connectivity index (χ1v) is 10.0. The Labute approximate surface area is 175 Å². The molecule has 6 heteroatoms. The summed E-state index contributed by atoms with van der Waals surface area (Å²) in [4.78, 5) is 24.1. The molecule has 0 heterocycles. The van der Waals surface area contributed by atoms with Crippen molar-refractivity contribution in [2.45, 2.75) is 19.3 Å². The van der Waals surface area contributed by atoms with Crippen LogP contribution in [0.3, 0.4) is 0 Å². The molecule has 0 spiro atoms. The highest BCUT2D eigenvalue weighted by atomic mass is 19.1. The molecule has 5 nitrogen and oxygen atoms in total. The third kappa shape index (κ3) is 6.58. The van der Waals surface area contributed by atoms with Gasteiger partial charge in [-0.05, 0) is 53.4 Å². The average Bonchev–Trinajstić information content (AvgIpc) is 2.76. The Morgan fingerprint density at radius 3 is 2.43 bits per heavy atom. The predicted molar refractivity (Wildman–Crippen MR) is 115 cm³/mol. The molecule has 2 amide bonds. The van der Waals surface area contributed by atoms with Crippen LogP contribution in [0.1, 0.15) is 18.4 Å². The summed E-state index contributed by atoms with van der Waals surface area (Å²) in [5.41, 5.74) is 0.937. The molecule has 30 heavy (non-hydrogen) atoms. The van der Waals surface area contributed by atoms with Crippen molar-refractivity contribution in [3.63, 3.8) is 0 Å². The van der Waals surface area contributed by atoms with Gasteiger partial charge in [0.15, 0.2) is 0 Å². The summed E-state index contributed by atoms with van der Waals surface area (Å²) in [7, 11) is 0. The molecule has 0 aliphatic carbocycles. The van der Waals surface area contributed by atoms with E-state index in [9.17, 15) is 14.0 Å². The SMILES string of the molecule is O=C(CNC(=O)Cc1cccc2ccccc12)NCCCCOc1ccc(F)cc1.